The average Bonchev–Trinajstić information content (AvgIpc) is 2.95. The molecule has 0 atom stereocenters. The average molecular weight is 253 g/mol. The van der Waals surface area contributed by atoms with Crippen LogP contribution >= 0.6 is 0 Å². The molecule has 0 unspecified atom stereocenters. The Kier molecular flexibility index (Phi) is 3.82. The third kappa shape index (κ3) is 2.74. The van der Waals surface area contributed by atoms with Crippen molar-refractivity contribution in [3.05, 3.63) is 35.4 Å². The van der Waals surface area contributed by atoms with Crippen molar-refractivity contribution >= 4 is 5.91 Å². The number of amides is 1. The van der Waals surface area contributed by atoms with Crippen LogP contribution in [-0.2, 0) is 11.3 Å². The first-order valence-electron chi connectivity index (χ1n) is 6.39. The third-order valence-electron chi connectivity index (χ3n) is 3.64. The van der Waals surface area contributed by atoms with E-state index < -0.39 is 5.41 Å². The number of nitrogens with zero attached hydrogens (tertiary/aromatic N) is 2. The SMILES string of the molecule is N#Cc1ccc(CNC(=O)C2(C#N)CCCC2)cc1. The van der Waals surface area contributed by atoms with Crippen LogP contribution in [0.3, 0.4) is 0 Å². The number of hydrogen-bond donors (Lipinski definition) is 1. The summed E-state index contributed by atoms with van der Waals surface area (Å²) < 4.78 is 0. The standard InChI is InChI=1S/C15H15N3O/c16-9-12-3-5-13(6-4-12)10-18-14(19)15(11-17)7-1-2-8-15/h3-6H,1-2,7-8,10H2,(H,18,19). The molecule has 1 amide bonds. The Labute approximate surface area is 112 Å². The Morgan fingerprint density at radius 1 is 1.21 bits per heavy atom. The molecule has 1 aliphatic rings. The fourth-order valence-corrected chi connectivity index (χ4v) is 2.42. The summed E-state index contributed by atoms with van der Waals surface area (Å²) in [6.07, 6.45) is 3.20. The maximum absolute atomic E-state index is 12.1. The van der Waals surface area contributed by atoms with Crippen LogP contribution in [0.25, 0.3) is 0 Å². The topological polar surface area (TPSA) is 76.7 Å². The normalized spacial score (nSPS) is 16.3. The number of carbonyl (C=O) groups excluding carboxylic acids is 1. The highest BCUT2D eigenvalue weighted by Gasteiger charge is 2.41. The molecule has 0 spiro atoms. The molecule has 1 N–H and O–H groups in total. The molecule has 0 heterocycles. The number of rotatable bonds is 3. The molecule has 19 heavy (non-hydrogen) atoms. The van der Waals surface area contributed by atoms with Gasteiger partial charge >= 0.3 is 0 Å². The summed E-state index contributed by atoms with van der Waals surface area (Å²) in [7, 11) is 0. The van der Waals surface area contributed by atoms with Gasteiger partial charge in [0.15, 0.2) is 0 Å². The van der Waals surface area contributed by atoms with E-state index in [1.165, 1.54) is 0 Å². The van der Waals surface area contributed by atoms with E-state index in [0.717, 1.165) is 18.4 Å². The lowest BCUT2D eigenvalue weighted by atomic mass is 9.87. The van der Waals surface area contributed by atoms with Gasteiger partial charge in [0.05, 0.1) is 17.7 Å². The van der Waals surface area contributed by atoms with Crippen LogP contribution in [0.15, 0.2) is 24.3 Å². The van der Waals surface area contributed by atoms with Gasteiger partial charge < -0.3 is 5.32 Å². The van der Waals surface area contributed by atoms with Crippen molar-refractivity contribution in [3.8, 4) is 12.1 Å². The Bertz CT molecular complexity index is 542. The smallest absolute Gasteiger partial charge is 0.240 e. The monoisotopic (exact) mass is 253 g/mol. The second kappa shape index (κ2) is 5.54. The predicted molar refractivity (Wildman–Crippen MR) is 69.5 cm³/mol. The van der Waals surface area contributed by atoms with Crippen molar-refractivity contribution in [2.24, 2.45) is 5.41 Å². The molecular weight excluding hydrogens is 238 g/mol. The van der Waals surface area contributed by atoms with E-state index in [1.54, 1.807) is 12.1 Å². The lowest BCUT2D eigenvalue weighted by Gasteiger charge is -2.19. The Morgan fingerprint density at radius 3 is 2.37 bits per heavy atom. The van der Waals surface area contributed by atoms with Gasteiger partial charge in [-0.15, -0.1) is 0 Å². The van der Waals surface area contributed by atoms with Crippen molar-refractivity contribution in [2.45, 2.75) is 32.2 Å². The van der Waals surface area contributed by atoms with Gasteiger partial charge in [0.25, 0.3) is 0 Å². The van der Waals surface area contributed by atoms with Gasteiger partial charge in [-0.25, -0.2) is 0 Å². The quantitative estimate of drug-likeness (QED) is 0.897. The largest absolute Gasteiger partial charge is 0.351 e. The van der Waals surface area contributed by atoms with Crippen LogP contribution in [0.4, 0.5) is 0 Å². The molecule has 0 aromatic heterocycles. The number of nitriles is 2. The first-order valence-corrected chi connectivity index (χ1v) is 6.39. The Balaban J connectivity index is 1.96. The summed E-state index contributed by atoms with van der Waals surface area (Å²) in [6, 6.07) is 11.3. The number of carbonyl (C=O) groups is 1. The molecule has 0 aliphatic heterocycles. The first kappa shape index (κ1) is 13.1. The summed E-state index contributed by atoms with van der Waals surface area (Å²) in [5, 5.41) is 20.7. The Morgan fingerprint density at radius 2 is 1.84 bits per heavy atom. The highest BCUT2D eigenvalue weighted by atomic mass is 16.2. The Hall–Kier alpha value is -2.33. The number of benzene rings is 1. The van der Waals surface area contributed by atoms with Crippen LogP contribution < -0.4 is 5.32 Å². The molecule has 96 valence electrons. The zero-order chi connectivity index (χ0) is 13.7. The van der Waals surface area contributed by atoms with Crippen molar-refractivity contribution in [1.29, 1.82) is 10.5 Å². The molecule has 2 rings (SSSR count). The zero-order valence-electron chi connectivity index (χ0n) is 10.6. The minimum absolute atomic E-state index is 0.170. The fraction of sp³-hybridized carbons (Fsp3) is 0.400. The van der Waals surface area contributed by atoms with Crippen molar-refractivity contribution in [1.82, 2.24) is 5.32 Å². The van der Waals surface area contributed by atoms with Gasteiger partial charge in [-0.1, -0.05) is 25.0 Å². The maximum Gasteiger partial charge on any atom is 0.240 e. The summed E-state index contributed by atoms with van der Waals surface area (Å²) in [5.74, 6) is -0.170. The van der Waals surface area contributed by atoms with E-state index in [4.69, 9.17) is 5.26 Å². The minimum atomic E-state index is -0.827. The van der Waals surface area contributed by atoms with E-state index in [9.17, 15) is 10.1 Å². The van der Waals surface area contributed by atoms with Crippen LogP contribution in [0.2, 0.25) is 0 Å². The summed E-state index contributed by atoms with van der Waals surface area (Å²) in [5.41, 5.74) is 0.699. The lowest BCUT2D eigenvalue weighted by molar-refractivity contribution is -0.128. The van der Waals surface area contributed by atoms with Crippen molar-refractivity contribution in [3.63, 3.8) is 0 Å². The zero-order valence-corrected chi connectivity index (χ0v) is 10.6. The maximum atomic E-state index is 12.1. The highest BCUT2D eigenvalue weighted by molar-refractivity contribution is 5.85. The molecule has 1 aromatic rings. The van der Waals surface area contributed by atoms with Crippen LogP contribution in [0, 0.1) is 28.1 Å². The number of nitrogens with one attached hydrogen (secondary N) is 1. The molecule has 4 nitrogen and oxygen atoms in total. The summed E-state index contributed by atoms with van der Waals surface area (Å²) in [6.45, 7) is 0.397. The van der Waals surface area contributed by atoms with Gasteiger partial charge in [0.1, 0.15) is 5.41 Å². The van der Waals surface area contributed by atoms with Gasteiger partial charge in [-0.05, 0) is 30.5 Å². The molecule has 4 heteroatoms. The van der Waals surface area contributed by atoms with Gasteiger partial charge in [0, 0.05) is 6.54 Å². The van der Waals surface area contributed by atoms with E-state index in [-0.39, 0.29) is 5.91 Å². The molecule has 1 saturated carbocycles. The molecule has 1 aliphatic carbocycles. The molecule has 0 bridgehead atoms. The van der Waals surface area contributed by atoms with Crippen LogP contribution in [0.1, 0.15) is 36.8 Å². The fourth-order valence-electron chi connectivity index (χ4n) is 2.42. The lowest BCUT2D eigenvalue weighted by Crippen LogP contribution is -2.37. The molecule has 0 saturated heterocycles. The minimum Gasteiger partial charge on any atom is -0.351 e. The number of hydrogen-bond acceptors (Lipinski definition) is 3. The van der Waals surface area contributed by atoms with E-state index in [2.05, 4.69) is 11.4 Å². The second-order valence-electron chi connectivity index (χ2n) is 4.89. The van der Waals surface area contributed by atoms with Crippen LogP contribution in [0.5, 0.6) is 0 Å². The molecular formula is C15H15N3O. The van der Waals surface area contributed by atoms with E-state index in [0.29, 0.717) is 24.9 Å². The van der Waals surface area contributed by atoms with Crippen molar-refractivity contribution < 1.29 is 4.79 Å². The van der Waals surface area contributed by atoms with E-state index in [1.807, 2.05) is 18.2 Å². The van der Waals surface area contributed by atoms with Gasteiger partial charge in [-0.2, -0.15) is 10.5 Å². The second-order valence-corrected chi connectivity index (χ2v) is 4.89. The van der Waals surface area contributed by atoms with Crippen molar-refractivity contribution in [2.75, 3.05) is 0 Å². The summed E-state index contributed by atoms with van der Waals surface area (Å²) >= 11 is 0. The summed E-state index contributed by atoms with van der Waals surface area (Å²) in [4.78, 5) is 12.1. The van der Waals surface area contributed by atoms with Gasteiger partial charge in [0.2, 0.25) is 5.91 Å². The van der Waals surface area contributed by atoms with Gasteiger partial charge in [-0.3, -0.25) is 4.79 Å². The van der Waals surface area contributed by atoms with Crippen LogP contribution in [-0.4, -0.2) is 5.91 Å². The predicted octanol–water partition coefficient (Wildman–Crippen LogP) is 2.26. The van der Waals surface area contributed by atoms with E-state index >= 15 is 0 Å². The first-order chi connectivity index (χ1) is 9.20. The molecule has 0 radical (unpaired) electrons. The molecule has 1 aromatic carbocycles. The molecule has 1 fully saturated rings. The highest BCUT2D eigenvalue weighted by Crippen LogP contribution is 2.37. The third-order valence-corrected chi connectivity index (χ3v) is 3.64.